The van der Waals surface area contributed by atoms with Gasteiger partial charge in [-0.1, -0.05) is 32.1 Å². The van der Waals surface area contributed by atoms with Crippen LogP contribution in [0.25, 0.3) is 0 Å². The number of methoxy groups -OCH3 is 1. The molecule has 5 rings (SSSR count). The number of amides is 2. The average molecular weight is 543 g/mol. The average Bonchev–Trinajstić information content (AvgIpc) is 3.61. The molecule has 39 heavy (non-hydrogen) atoms. The van der Waals surface area contributed by atoms with Gasteiger partial charge in [-0.25, -0.2) is 0 Å². The van der Waals surface area contributed by atoms with E-state index < -0.39 is 24.2 Å². The quantitative estimate of drug-likeness (QED) is 0.378. The van der Waals surface area contributed by atoms with Gasteiger partial charge in [0.1, 0.15) is 12.2 Å². The molecule has 4 aliphatic rings. The van der Waals surface area contributed by atoms with Crippen molar-refractivity contribution in [2.75, 3.05) is 20.3 Å². The normalized spacial score (nSPS) is 26.8. The number of aliphatic hydroxyl groups is 3. The predicted octanol–water partition coefficient (Wildman–Crippen LogP) is 2.55. The Labute approximate surface area is 230 Å². The number of fused-ring (bicyclic) bond motifs is 3. The topological polar surface area (TPSA) is 129 Å². The molecule has 2 saturated carbocycles. The van der Waals surface area contributed by atoms with Crippen molar-refractivity contribution in [1.82, 2.24) is 10.2 Å². The second-order valence-electron chi connectivity index (χ2n) is 11.5. The Balaban J connectivity index is 1.56. The summed E-state index contributed by atoms with van der Waals surface area (Å²) in [5.74, 6) is 0.286. The number of ether oxygens (including phenoxy) is 2. The van der Waals surface area contributed by atoms with E-state index in [1.165, 1.54) is 7.11 Å². The van der Waals surface area contributed by atoms with Crippen molar-refractivity contribution in [3.05, 3.63) is 34.9 Å². The summed E-state index contributed by atoms with van der Waals surface area (Å²) in [6, 6.07) is 2.76. The van der Waals surface area contributed by atoms with Gasteiger partial charge >= 0.3 is 0 Å². The lowest BCUT2D eigenvalue weighted by atomic mass is 9.76. The number of hydrogen-bond donors (Lipinski definition) is 4. The fraction of sp³-hybridized carbons (Fsp3) is 0.667. The Hall–Kier alpha value is -2.62. The third kappa shape index (κ3) is 5.54. The molecule has 0 radical (unpaired) electrons. The van der Waals surface area contributed by atoms with E-state index in [0.29, 0.717) is 40.5 Å². The van der Waals surface area contributed by atoms with Crippen LogP contribution in [0.5, 0.6) is 11.5 Å². The minimum absolute atomic E-state index is 0.00108. The molecule has 2 fully saturated rings. The van der Waals surface area contributed by atoms with Gasteiger partial charge in [-0.15, -0.1) is 0 Å². The summed E-state index contributed by atoms with van der Waals surface area (Å²) < 4.78 is 11.9. The SMILES string of the molecule is COc1cc(CO)cc2c1OC1C2C(C(=O)NCCO)=CC(N(C(=O)CC2CCCC2)C2CCCCC2)C1O. The zero-order chi connectivity index (χ0) is 27.5. The van der Waals surface area contributed by atoms with Crippen LogP contribution >= 0.6 is 0 Å². The van der Waals surface area contributed by atoms with Gasteiger partial charge in [0.25, 0.3) is 0 Å². The van der Waals surface area contributed by atoms with E-state index >= 15 is 0 Å². The Bertz CT molecular complexity index is 1080. The van der Waals surface area contributed by atoms with Crippen LogP contribution in [0.2, 0.25) is 0 Å². The first-order valence-corrected chi connectivity index (χ1v) is 14.5. The number of rotatable bonds is 9. The van der Waals surface area contributed by atoms with Gasteiger partial charge < -0.3 is 35.0 Å². The molecule has 1 aromatic carbocycles. The second-order valence-corrected chi connectivity index (χ2v) is 11.5. The molecule has 4 N–H and O–H groups in total. The molecule has 1 aromatic rings. The molecule has 0 aromatic heterocycles. The lowest BCUT2D eigenvalue weighted by Crippen LogP contribution is -2.58. The van der Waals surface area contributed by atoms with E-state index in [2.05, 4.69) is 5.32 Å². The first-order chi connectivity index (χ1) is 19.0. The molecule has 0 saturated heterocycles. The van der Waals surface area contributed by atoms with Crippen LogP contribution in [0, 0.1) is 5.92 Å². The van der Waals surface area contributed by atoms with Gasteiger partial charge in [0.15, 0.2) is 11.5 Å². The van der Waals surface area contributed by atoms with Crippen LogP contribution in [0.15, 0.2) is 23.8 Å². The number of benzene rings is 1. The number of carbonyl (C=O) groups is 2. The highest BCUT2D eigenvalue weighted by molar-refractivity contribution is 5.96. The lowest BCUT2D eigenvalue weighted by molar-refractivity contribution is -0.142. The van der Waals surface area contributed by atoms with E-state index in [1.807, 2.05) is 4.90 Å². The van der Waals surface area contributed by atoms with Crippen molar-refractivity contribution < 1.29 is 34.4 Å². The van der Waals surface area contributed by atoms with Crippen molar-refractivity contribution in [3.8, 4) is 11.5 Å². The lowest BCUT2D eigenvalue weighted by Gasteiger charge is -2.45. The highest BCUT2D eigenvalue weighted by Gasteiger charge is 2.52. The summed E-state index contributed by atoms with van der Waals surface area (Å²) in [5, 5.41) is 33.8. The molecule has 2 amide bonds. The number of hydrogen-bond acceptors (Lipinski definition) is 7. The molecule has 9 heteroatoms. The summed E-state index contributed by atoms with van der Waals surface area (Å²) >= 11 is 0. The minimum atomic E-state index is -1.06. The van der Waals surface area contributed by atoms with E-state index in [-0.39, 0.29) is 37.6 Å². The maximum absolute atomic E-state index is 13.9. The van der Waals surface area contributed by atoms with E-state index in [4.69, 9.17) is 9.47 Å². The molecule has 1 aliphatic heterocycles. The van der Waals surface area contributed by atoms with Gasteiger partial charge in [-0.3, -0.25) is 9.59 Å². The molecule has 0 spiro atoms. The predicted molar refractivity (Wildman–Crippen MR) is 144 cm³/mol. The van der Waals surface area contributed by atoms with Crippen LogP contribution in [0.3, 0.4) is 0 Å². The molecule has 0 bridgehead atoms. The first-order valence-electron chi connectivity index (χ1n) is 14.5. The van der Waals surface area contributed by atoms with Crippen molar-refractivity contribution in [2.45, 2.75) is 101 Å². The maximum atomic E-state index is 13.9. The number of aliphatic hydroxyl groups excluding tert-OH is 3. The van der Waals surface area contributed by atoms with E-state index in [0.717, 1.165) is 57.8 Å². The van der Waals surface area contributed by atoms with Crippen molar-refractivity contribution in [2.24, 2.45) is 5.92 Å². The Morgan fingerprint density at radius 2 is 1.79 bits per heavy atom. The molecule has 9 nitrogen and oxygen atoms in total. The Kier molecular flexibility index (Phi) is 8.79. The van der Waals surface area contributed by atoms with Crippen molar-refractivity contribution in [1.29, 1.82) is 0 Å². The second kappa shape index (κ2) is 12.3. The highest BCUT2D eigenvalue weighted by Crippen LogP contribution is 2.52. The molecule has 1 heterocycles. The number of nitrogens with zero attached hydrogens (tertiary/aromatic N) is 1. The number of carbonyl (C=O) groups excluding carboxylic acids is 2. The highest BCUT2D eigenvalue weighted by atomic mass is 16.5. The van der Waals surface area contributed by atoms with Gasteiger partial charge in [0.2, 0.25) is 11.8 Å². The van der Waals surface area contributed by atoms with Crippen LogP contribution in [0.4, 0.5) is 0 Å². The Morgan fingerprint density at radius 3 is 2.46 bits per heavy atom. The molecule has 3 aliphatic carbocycles. The van der Waals surface area contributed by atoms with Crippen LogP contribution in [-0.2, 0) is 16.2 Å². The largest absolute Gasteiger partial charge is 0.493 e. The smallest absolute Gasteiger partial charge is 0.247 e. The fourth-order valence-corrected chi connectivity index (χ4v) is 7.13. The van der Waals surface area contributed by atoms with Crippen molar-refractivity contribution in [3.63, 3.8) is 0 Å². The summed E-state index contributed by atoms with van der Waals surface area (Å²) in [7, 11) is 1.51. The summed E-state index contributed by atoms with van der Waals surface area (Å²) in [4.78, 5) is 29.3. The molecular formula is C30H42N2O7. The van der Waals surface area contributed by atoms with Gasteiger partial charge in [-0.05, 0) is 55.4 Å². The zero-order valence-corrected chi connectivity index (χ0v) is 22.8. The van der Waals surface area contributed by atoms with Gasteiger partial charge in [0, 0.05) is 30.1 Å². The summed E-state index contributed by atoms with van der Waals surface area (Å²) in [5.41, 5.74) is 1.67. The van der Waals surface area contributed by atoms with E-state index in [1.54, 1.807) is 18.2 Å². The maximum Gasteiger partial charge on any atom is 0.247 e. The number of nitrogens with one attached hydrogen (secondary N) is 1. The summed E-state index contributed by atoms with van der Waals surface area (Å²) in [6.45, 7) is -0.336. The fourth-order valence-electron chi connectivity index (χ4n) is 7.13. The van der Waals surface area contributed by atoms with Crippen LogP contribution in [-0.4, -0.2) is 76.6 Å². The standard InChI is InChI=1S/C30H42N2O7/c1-38-24-14-19(17-34)13-21-26-22(30(37)31-11-12-33)16-23(27(36)29(26)39-28(21)24)32(20-9-3-2-4-10-20)25(35)15-18-7-5-6-8-18/h13-14,16,18,20,23,26-27,29,33-34,36H,2-12,15,17H2,1H3,(H,31,37). The molecule has 4 unspecified atom stereocenters. The molecule has 214 valence electrons. The molecule has 4 atom stereocenters. The first kappa shape index (κ1) is 27.9. The van der Waals surface area contributed by atoms with Crippen LogP contribution < -0.4 is 14.8 Å². The third-order valence-electron chi connectivity index (χ3n) is 9.01. The summed E-state index contributed by atoms with van der Waals surface area (Å²) in [6.07, 6.45) is 9.71. The van der Waals surface area contributed by atoms with Crippen molar-refractivity contribution >= 4 is 11.8 Å². The van der Waals surface area contributed by atoms with E-state index in [9.17, 15) is 24.9 Å². The monoisotopic (exact) mass is 542 g/mol. The van der Waals surface area contributed by atoms with Gasteiger partial charge in [0.05, 0.1) is 32.3 Å². The van der Waals surface area contributed by atoms with Crippen LogP contribution in [0.1, 0.15) is 81.3 Å². The Morgan fingerprint density at radius 1 is 1.08 bits per heavy atom. The molecular weight excluding hydrogens is 500 g/mol. The van der Waals surface area contributed by atoms with Gasteiger partial charge in [-0.2, -0.15) is 0 Å². The zero-order valence-electron chi connectivity index (χ0n) is 22.8. The minimum Gasteiger partial charge on any atom is -0.493 e. The third-order valence-corrected chi connectivity index (χ3v) is 9.01.